The van der Waals surface area contributed by atoms with Gasteiger partial charge < -0.3 is 15.2 Å². The van der Waals surface area contributed by atoms with Gasteiger partial charge in [-0.25, -0.2) is 4.79 Å². The van der Waals surface area contributed by atoms with Crippen LogP contribution in [0.4, 0.5) is 16.2 Å². The summed E-state index contributed by atoms with van der Waals surface area (Å²) in [6.45, 7) is 1.89. The lowest BCUT2D eigenvalue weighted by molar-refractivity contribution is -0.100. The summed E-state index contributed by atoms with van der Waals surface area (Å²) in [4.78, 5) is 13.8. The first-order valence-corrected chi connectivity index (χ1v) is 6.63. The number of amides is 1. The van der Waals surface area contributed by atoms with Gasteiger partial charge in [-0.1, -0.05) is 12.1 Å². The summed E-state index contributed by atoms with van der Waals surface area (Å²) >= 11 is 0. The van der Waals surface area contributed by atoms with Gasteiger partial charge >= 0.3 is 6.09 Å². The SMILES string of the molecule is Nc1ccccc1N1CCC2(CCCOC2)OC1=O. The molecule has 0 saturated carbocycles. The molecule has 2 heterocycles. The minimum Gasteiger partial charge on any atom is -0.440 e. The van der Waals surface area contributed by atoms with Crippen LogP contribution >= 0.6 is 0 Å². The van der Waals surface area contributed by atoms with Crippen molar-refractivity contribution in [3.8, 4) is 0 Å². The molecule has 0 radical (unpaired) electrons. The van der Waals surface area contributed by atoms with Crippen LogP contribution in [-0.4, -0.2) is 31.5 Å². The van der Waals surface area contributed by atoms with E-state index in [1.165, 1.54) is 0 Å². The summed E-state index contributed by atoms with van der Waals surface area (Å²) in [5.74, 6) is 0. The minimum atomic E-state index is -0.421. The van der Waals surface area contributed by atoms with Crippen molar-refractivity contribution in [2.45, 2.75) is 24.9 Å². The monoisotopic (exact) mass is 262 g/mol. The molecular weight excluding hydrogens is 244 g/mol. The first-order valence-electron chi connectivity index (χ1n) is 6.63. The number of rotatable bonds is 1. The minimum absolute atomic E-state index is 0.324. The molecule has 1 atom stereocenters. The fourth-order valence-electron chi connectivity index (χ4n) is 2.75. The predicted octanol–water partition coefficient (Wildman–Crippen LogP) is 2.16. The molecule has 1 amide bonds. The van der Waals surface area contributed by atoms with Crippen molar-refractivity contribution >= 4 is 17.5 Å². The second kappa shape index (κ2) is 4.74. The van der Waals surface area contributed by atoms with Crippen LogP contribution in [0, 0.1) is 0 Å². The quantitative estimate of drug-likeness (QED) is 0.788. The van der Waals surface area contributed by atoms with Gasteiger partial charge in [-0.3, -0.25) is 4.90 Å². The lowest BCUT2D eigenvalue weighted by atomic mass is 9.91. The highest BCUT2D eigenvalue weighted by Gasteiger charge is 2.42. The maximum absolute atomic E-state index is 12.2. The van der Waals surface area contributed by atoms with E-state index < -0.39 is 5.60 Å². The molecule has 2 fully saturated rings. The number of anilines is 2. The van der Waals surface area contributed by atoms with Gasteiger partial charge in [0.2, 0.25) is 0 Å². The molecule has 0 aliphatic carbocycles. The largest absolute Gasteiger partial charge is 0.440 e. The molecule has 19 heavy (non-hydrogen) atoms. The number of carbonyl (C=O) groups excluding carboxylic acids is 1. The lowest BCUT2D eigenvalue weighted by Crippen LogP contribution is -2.53. The zero-order valence-corrected chi connectivity index (χ0v) is 10.8. The highest BCUT2D eigenvalue weighted by molar-refractivity contribution is 5.92. The molecule has 5 nitrogen and oxygen atoms in total. The van der Waals surface area contributed by atoms with Gasteiger partial charge in [0.1, 0.15) is 5.60 Å². The van der Waals surface area contributed by atoms with E-state index in [9.17, 15) is 4.79 Å². The number of nitrogen functional groups attached to an aromatic ring is 1. The molecule has 102 valence electrons. The van der Waals surface area contributed by atoms with Crippen LogP contribution in [0.5, 0.6) is 0 Å². The Kier molecular flexibility index (Phi) is 3.06. The molecule has 2 aliphatic rings. The van der Waals surface area contributed by atoms with Gasteiger partial charge in [-0.05, 0) is 25.0 Å². The zero-order chi connectivity index (χ0) is 13.3. The van der Waals surface area contributed by atoms with E-state index in [0.29, 0.717) is 18.8 Å². The number of para-hydroxylation sites is 2. The highest BCUT2D eigenvalue weighted by Crippen LogP contribution is 2.34. The van der Waals surface area contributed by atoms with Gasteiger partial charge in [0.05, 0.1) is 18.0 Å². The van der Waals surface area contributed by atoms with Crippen LogP contribution in [0.15, 0.2) is 24.3 Å². The van der Waals surface area contributed by atoms with E-state index in [1.807, 2.05) is 18.2 Å². The van der Waals surface area contributed by atoms with E-state index >= 15 is 0 Å². The van der Waals surface area contributed by atoms with E-state index in [2.05, 4.69) is 0 Å². The molecule has 3 rings (SSSR count). The van der Waals surface area contributed by atoms with Crippen LogP contribution in [0.3, 0.4) is 0 Å². The van der Waals surface area contributed by atoms with Crippen LogP contribution in [0.1, 0.15) is 19.3 Å². The molecule has 5 heteroatoms. The number of hydrogen-bond acceptors (Lipinski definition) is 4. The number of carbonyl (C=O) groups is 1. The fourth-order valence-corrected chi connectivity index (χ4v) is 2.75. The highest BCUT2D eigenvalue weighted by atomic mass is 16.6. The smallest absolute Gasteiger partial charge is 0.414 e. The van der Waals surface area contributed by atoms with Crippen molar-refractivity contribution in [2.75, 3.05) is 30.4 Å². The Morgan fingerprint density at radius 2 is 2.11 bits per heavy atom. The summed E-state index contributed by atoms with van der Waals surface area (Å²) in [5.41, 5.74) is 6.80. The molecule has 1 unspecified atom stereocenters. The van der Waals surface area contributed by atoms with Gasteiger partial charge in [0.25, 0.3) is 0 Å². The molecule has 1 aromatic rings. The molecular formula is C14H18N2O3. The third-order valence-corrected chi connectivity index (χ3v) is 3.83. The molecule has 2 aliphatic heterocycles. The average Bonchev–Trinajstić information content (AvgIpc) is 2.41. The number of nitrogens with two attached hydrogens (primary N) is 1. The summed E-state index contributed by atoms with van der Waals surface area (Å²) < 4.78 is 11.1. The number of benzene rings is 1. The number of nitrogens with zero attached hydrogens (tertiary/aromatic N) is 1. The first-order chi connectivity index (χ1) is 9.20. The van der Waals surface area contributed by atoms with Crippen LogP contribution in [-0.2, 0) is 9.47 Å². The molecule has 2 N–H and O–H groups in total. The van der Waals surface area contributed by atoms with Gasteiger partial charge in [-0.15, -0.1) is 0 Å². The van der Waals surface area contributed by atoms with Crippen molar-refractivity contribution in [1.29, 1.82) is 0 Å². The van der Waals surface area contributed by atoms with Crippen LogP contribution < -0.4 is 10.6 Å². The Hall–Kier alpha value is -1.75. The fraction of sp³-hybridized carbons (Fsp3) is 0.500. The first kappa shape index (κ1) is 12.3. The second-order valence-corrected chi connectivity index (χ2v) is 5.17. The Labute approximate surface area is 112 Å². The lowest BCUT2D eigenvalue weighted by Gasteiger charge is -2.43. The Bertz CT molecular complexity index is 483. The topological polar surface area (TPSA) is 64.8 Å². The average molecular weight is 262 g/mol. The normalized spacial score (nSPS) is 27.4. The number of ether oxygens (including phenoxy) is 2. The van der Waals surface area contributed by atoms with Crippen molar-refractivity contribution < 1.29 is 14.3 Å². The standard InChI is InChI=1S/C14H18N2O3/c15-11-4-1-2-5-12(11)16-8-7-14(19-13(16)17)6-3-9-18-10-14/h1-2,4-5H,3,6-10,15H2. The third kappa shape index (κ3) is 2.26. The van der Waals surface area contributed by atoms with E-state index in [-0.39, 0.29) is 6.09 Å². The van der Waals surface area contributed by atoms with Gasteiger partial charge in [0.15, 0.2) is 0 Å². The Balaban J connectivity index is 1.78. The molecule has 2 saturated heterocycles. The molecule has 1 aromatic carbocycles. The molecule has 0 aromatic heterocycles. The van der Waals surface area contributed by atoms with Crippen LogP contribution in [0.2, 0.25) is 0 Å². The van der Waals surface area contributed by atoms with E-state index in [0.717, 1.165) is 31.6 Å². The zero-order valence-electron chi connectivity index (χ0n) is 10.8. The molecule has 1 spiro atoms. The maximum atomic E-state index is 12.2. The maximum Gasteiger partial charge on any atom is 0.414 e. The van der Waals surface area contributed by atoms with Crippen molar-refractivity contribution in [3.63, 3.8) is 0 Å². The number of hydrogen-bond donors (Lipinski definition) is 1. The van der Waals surface area contributed by atoms with E-state index in [4.69, 9.17) is 15.2 Å². The summed E-state index contributed by atoms with van der Waals surface area (Å²) in [6.07, 6.45) is 2.29. The van der Waals surface area contributed by atoms with Gasteiger partial charge in [-0.2, -0.15) is 0 Å². The summed E-state index contributed by atoms with van der Waals surface area (Å²) in [5, 5.41) is 0. The summed E-state index contributed by atoms with van der Waals surface area (Å²) in [7, 11) is 0. The van der Waals surface area contributed by atoms with Gasteiger partial charge in [0, 0.05) is 19.6 Å². The second-order valence-electron chi connectivity index (χ2n) is 5.17. The van der Waals surface area contributed by atoms with Crippen LogP contribution in [0.25, 0.3) is 0 Å². The Morgan fingerprint density at radius 1 is 1.26 bits per heavy atom. The van der Waals surface area contributed by atoms with Crippen molar-refractivity contribution in [1.82, 2.24) is 0 Å². The Morgan fingerprint density at radius 3 is 2.79 bits per heavy atom. The predicted molar refractivity (Wildman–Crippen MR) is 72.1 cm³/mol. The van der Waals surface area contributed by atoms with Crippen molar-refractivity contribution in [2.24, 2.45) is 0 Å². The van der Waals surface area contributed by atoms with Crippen molar-refractivity contribution in [3.05, 3.63) is 24.3 Å². The van der Waals surface area contributed by atoms with E-state index in [1.54, 1.807) is 11.0 Å². The molecule has 0 bridgehead atoms. The third-order valence-electron chi connectivity index (χ3n) is 3.83. The summed E-state index contributed by atoms with van der Waals surface area (Å²) in [6, 6.07) is 7.35.